The summed E-state index contributed by atoms with van der Waals surface area (Å²) in [6, 6.07) is 18.5. The van der Waals surface area contributed by atoms with Crippen LogP contribution in [0.15, 0.2) is 70.6 Å². The quantitative estimate of drug-likeness (QED) is 0.510. The van der Waals surface area contributed by atoms with E-state index in [1.807, 2.05) is 61.5 Å². The number of aromatic nitrogens is 4. The van der Waals surface area contributed by atoms with Crippen LogP contribution in [0.5, 0.6) is 0 Å². The number of nitrogens with one attached hydrogen (secondary N) is 2. The summed E-state index contributed by atoms with van der Waals surface area (Å²) in [5.74, 6) is 0.494. The molecule has 0 aliphatic rings. The van der Waals surface area contributed by atoms with Gasteiger partial charge in [0.2, 0.25) is 5.91 Å². The van der Waals surface area contributed by atoms with Gasteiger partial charge in [-0.15, -0.1) is 0 Å². The fourth-order valence-corrected chi connectivity index (χ4v) is 3.50. The van der Waals surface area contributed by atoms with Crippen molar-refractivity contribution in [2.24, 2.45) is 0 Å². The van der Waals surface area contributed by atoms with Gasteiger partial charge in [0.1, 0.15) is 0 Å². The van der Waals surface area contributed by atoms with Gasteiger partial charge in [-0.25, -0.2) is 14.5 Å². The van der Waals surface area contributed by atoms with Crippen LogP contribution >= 0.6 is 11.8 Å². The number of hydrogen-bond donors (Lipinski definition) is 2. The monoisotopic (exact) mass is 391 g/mol. The molecule has 2 aromatic heterocycles. The summed E-state index contributed by atoms with van der Waals surface area (Å²) in [6.07, 6.45) is 0. The number of aryl methyl sites for hydroxylation is 1. The Labute approximate surface area is 164 Å². The normalized spacial score (nSPS) is 10.9. The number of carbonyl (C=O) groups is 1. The van der Waals surface area contributed by atoms with E-state index in [4.69, 9.17) is 0 Å². The van der Waals surface area contributed by atoms with Crippen molar-refractivity contribution in [3.05, 3.63) is 76.6 Å². The fourth-order valence-electron chi connectivity index (χ4n) is 2.75. The molecule has 0 saturated carbocycles. The number of H-pyrrole nitrogens is 1. The lowest BCUT2D eigenvalue weighted by Crippen LogP contribution is -2.15. The van der Waals surface area contributed by atoms with E-state index >= 15 is 0 Å². The zero-order valence-electron chi connectivity index (χ0n) is 15.0. The Morgan fingerprint density at radius 3 is 2.71 bits per heavy atom. The van der Waals surface area contributed by atoms with Crippen LogP contribution in [0.25, 0.3) is 17.0 Å². The number of rotatable bonds is 5. The maximum Gasteiger partial charge on any atom is 0.266 e. The van der Waals surface area contributed by atoms with Crippen molar-refractivity contribution < 1.29 is 4.79 Å². The van der Waals surface area contributed by atoms with E-state index in [-0.39, 0.29) is 17.2 Å². The lowest BCUT2D eigenvalue weighted by atomic mass is 10.2. The predicted molar refractivity (Wildman–Crippen MR) is 110 cm³/mol. The molecule has 4 aromatic rings. The summed E-state index contributed by atoms with van der Waals surface area (Å²) in [5.41, 5.74) is 2.84. The summed E-state index contributed by atoms with van der Waals surface area (Å²) >= 11 is 1.23. The van der Waals surface area contributed by atoms with Gasteiger partial charge >= 0.3 is 0 Å². The van der Waals surface area contributed by atoms with Gasteiger partial charge in [-0.3, -0.25) is 14.7 Å². The highest BCUT2D eigenvalue weighted by molar-refractivity contribution is 7.99. The largest absolute Gasteiger partial charge is 0.325 e. The van der Waals surface area contributed by atoms with E-state index < -0.39 is 0 Å². The molecule has 8 heteroatoms. The molecular weight excluding hydrogens is 374 g/mol. The molecule has 28 heavy (non-hydrogen) atoms. The van der Waals surface area contributed by atoms with Crippen molar-refractivity contribution in [3.8, 4) is 11.4 Å². The van der Waals surface area contributed by atoms with Crippen molar-refractivity contribution in [1.82, 2.24) is 19.6 Å². The highest BCUT2D eigenvalue weighted by Gasteiger charge is 2.13. The van der Waals surface area contributed by atoms with Gasteiger partial charge in [0, 0.05) is 17.3 Å². The maximum absolute atomic E-state index is 12.3. The van der Waals surface area contributed by atoms with Crippen molar-refractivity contribution >= 4 is 29.0 Å². The maximum atomic E-state index is 12.3. The summed E-state index contributed by atoms with van der Waals surface area (Å²) in [6.45, 7) is 1.97. The molecule has 7 nitrogen and oxygen atoms in total. The summed E-state index contributed by atoms with van der Waals surface area (Å²) < 4.78 is 1.50. The molecule has 2 aromatic carbocycles. The van der Waals surface area contributed by atoms with Crippen LogP contribution in [0.1, 0.15) is 5.56 Å². The highest BCUT2D eigenvalue weighted by Crippen LogP contribution is 2.21. The van der Waals surface area contributed by atoms with Crippen LogP contribution in [0.4, 0.5) is 5.69 Å². The third kappa shape index (κ3) is 3.96. The minimum atomic E-state index is -0.273. The summed E-state index contributed by atoms with van der Waals surface area (Å²) in [4.78, 5) is 33.1. The standard InChI is InChI=1S/C20H17N5O2S/c1-13-6-5-9-15(10-13)21-18(27)12-28-20-23-19(14-7-3-2-4-8-14)22-16-11-17(26)24-25(16)20/h2-11H,12H2,1H3,(H,21,27)(H,24,26). The molecule has 2 heterocycles. The topological polar surface area (TPSA) is 92.2 Å². The predicted octanol–water partition coefficient (Wildman–Crippen LogP) is 3.12. The molecule has 2 N–H and O–H groups in total. The van der Waals surface area contributed by atoms with Gasteiger partial charge in [0.25, 0.3) is 5.56 Å². The third-order valence-corrected chi connectivity index (χ3v) is 4.93. The Kier molecular flexibility index (Phi) is 4.94. The Hall–Kier alpha value is -3.39. The minimum absolute atomic E-state index is 0.147. The van der Waals surface area contributed by atoms with Crippen LogP contribution in [0, 0.1) is 6.92 Å². The zero-order chi connectivity index (χ0) is 19.5. The van der Waals surface area contributed by atoms with Crippen molar-refractivity contribution in [1.29, 1.82) is 0 Å². The van der Waals surface area contributed by atoms with Gasteiger partial charge in [-0.1, -0.05) is 54.2 Å². The number of carbonyl (C=O) groups excluding carboxylic acids is 1. The number of fused-ring (bicyclic) bond motifs is 1. The molecule has 0 aliphatic carbocycles. The van der Waals surface area contributed by atoms with Crippen molar-refractivity contribution in [2.45, 2.75) is 12.1 Å². The molecule has 0 aliphatic heterocycles. The third-order valence-electron chi connectivity index (χ3n) is 3.99. The first-order valence-corrected chi connectivity index (χ1v) is 9.61. The number of thioether (sulfide) groups is 1. The van der Waals surface area contributed by atoms with Crippen molar-refractivity contribution in [2.75, 3.05) is 11.1 Å². The molecule has 0 fully saturated rings. The van der Waals surface area contributed by atoms with Gasteiger partial charge in [0.15, 0.2) is 16.6 Å². The minimum Gasteiger partial charge on any atom is -0.325 e. The molecule has 0 radical (unpaired) electrons. The molecule has 0 unspecified atom stereocenters. The second-order valence-electron chi connectivity index (χ2n) is 6.22. The van der Waals surface area contributed by atoms with E-state index in [9.17, 15) is 9.59 Å². The lowest BCUT2D eigenvalue weighted by molar-refractivity contribution is -0.113. The first-order chi connectivity index (χ1) is 13.6. The molecule has 4 rings (SSSR count). The summed E-state index contributed by atoms with van der Waals surface area (Å²) in [5, 5.41) is 6.03. The van der Waals surface area contributed by atoms with E-state index in [2.05, 4.69) is 20.4 Å². The van der Waals surface area contributed by atoms with Crippen LogP contribution in [-0.2, 0) is 4.79 Å². The smallest absolute Gasteiger partial charge is 0.266 e. The van der Waals surface area contributed by atoms with Gasteiger partial charge in [-0.2, -0.15) is 0 Å². The molecule has 1 amide bonds. The highest BCUT2D eigenvalue weighted by atomic mass is 32.2. The average molecular weight is 391 g/mol. The molecular formula is C20H17N5O2S. The number of benzene rings is 2. The Bertz CT molecular complexity index is 1200. The number of nitrogens with zero attached hydrogens (tertiary/aromatic N) is 3. The summed E-state index contributed by atoms with van der Waals surface area (Å²) in [7, 11) is 0. The average Bonchev–Trinajstić information content (AvgIpc) is 3.07. The molecule has 0 saturated heterocycles. The van der Waals surface area contributed by atoms with E-state index in [1.165, 1.54) is 22.3 Å². The van der Waals surface area contributed by atoms with Crippen LogP contribution < -0.4 is 10.9 Å². The number of hydrogen-bond acceptors (Lipinski definition) is 5. The van der Waals surface area contributed by atoms with Crippen molar-refractivity contribution in [3.63, 3.8) is 0 Å². The number of amides is 1. The van der Waals surface area contributed by atoms with E-state index in [0.29, 0.717) is 16.6 Å². The molecule has 0 atom stereocenters. The first-order valence-electron chi connectivity index (χ1n) is 8.63. The second-order valence-corrected chi connectivity index (χ2v) is 7.16. The SMILES string of the molecule is Cc1cccc(NC(=O)CSc2nc(-c3ccccc3)nc3cc(=O)[nH]n23)c1. The second kappa shape index (κ2) is 7.69. The van der Waals surface area contributed by atoms with Crippen LogP contribution in [-0.4, -0.2) is 31.2 Å². The Morgan fingerprint density at radius 1 is 1.11 bits per heavy atom. The molecule has 140 valence electrons. The Balaban J connectivity index is 1.59. The number of anilines is 1. The van der Waals surface area contributed by atoms with Crippen LogP contribution in [0.3, 0.4) is 0 Å². The zero-order valence-corrected chi connectivity index (χ0v) is 15.9. The van der Waals surface area contributed by atoms with Gasteiger partial charge in [0.05, 0.1) is 5.75 Å². The first kappa shape index (κ1) is 18.0. The Morgan fingerprint density at radius 2 is 1.93 bits per heavy atom. The fraction of sp³-hybridized carbons (Fsp3) is 0.100. The molecule has 0 bridgehead atoms. The van der Waals surface area contributed by atoms with E-state index in [0.717, 1.165) is 16.8 Å². The van der Waals surface area contributed by atoms with Crippen LogP contribution in [0.2, 0.25) is 0 Å². The van der Waals surface area contributed by atoms with Gasteiger partial charge < -0.3 is 5.32 Å². The molecule has 0 spiro atoms. The lowest BCUT2D eigenvalue weighted by Gasteiger charge is -2.08. The number of aromatic amines is 1. The van der Waals surface area contributed by atoms with E-state index in [1.54, 1.807) is 0 Å². The van der Waals surface area contributed by atoms with Gasteiger partial charge in [-0.05, 0) is 24.6 Å².